The highest BCUT2D eigenvalue weighted by Crippen LogP contribution is 2.18. The zero-order valence-electron chi connectivity index (χ0n) is 11.7. The molecule has 0 bridgehead atoms. The number of hydrogen-bond acceptors (Lipinski definition) is 5. The van der Waals surface area contributed by atoms with Crippen molar-refractivity contribution in [3.05, 3.63) is 6.33 Å². The van der Waals surface area contributed by atoms with Crippen LogP contribution < -0.4 is 5.32 Å². The van der Waals surface area contributed by atoms with Crippen LogP contribution in [0.3, 0.4) is 0 Å². The van der Waals surface area contributed by atoms with Crippen LogP contribution in [0.1, 0.15) is 39.7 Å². The van der Waals surface area contributed by atoms with E-state index in [0.29, 0.717) is 25.1 Å². The SMILES string of the molecule is CCC(O)CCNC(=O)CSc1nncn1C(C)C. The standard InChI is InChI=1S/C12H22N4O2S/c1-4-10(17)5-6-13-11(18)7-19-12-15-14-8-16(12)9(2)3/h8-10,17H,4-7H2,1-3H3,(H,13,18). The molecule has 0 aromatic carbocycles. The molecular weight excluding hydrogens is 264 g/mol. The summed E-state index contributed by atoms with van der Waals surface area (Å²) in [5.74, 6) is 0.264. The lowest BCUT2D eigenvalue weighted by atomic mass is 10.2. The molecule has 1 atom stereocenters. The first-order valence-corrected chi connectivity index (χ1v) is 7.50. The van der Waals surface area contributed by atoms with E-state index in [0.717, 1.165) is 5.16 Å². The Bertz CT molecular complexity index is 395. The van der Waals surface area contributed by atoms with Gasteiger partial charge >= 0.3 is 0 Å². The van der Waals surface area contributed by atoms with Gasteiger partial charge < -0.3 is 15.0 Å². The first-order chi connectivity index (χ1) is 9.04. The van der Waals surface area contributed by atoms with Crippen LogP contribution in [0.4, 0.5) is 0 Å². The molecule has 108 valence electrons. The van der Waals surface area contributed by atoms with E-state index in [1.165, 1.54) is 11.8 Å². The summed E-state index contributed by atoms with van der Waals surface area (Å²) >= 11 is 1.37. The Labute approximate surface area is 118 Å². The van der Waals surface area contributed by atoms with Crippen LogP contribution in [0, 0.1) is 0 Å². The predicted octanol–water partition coefficient (Wildman–Crippen LogP) is 1.23. The van der Waals surface area contributed by atoms with Crippen LogP contribution in [-0.4, -0.2) is 44.2 Å². The van der Waals surface area contributed by atoms with Gasteiger partial charge in [0.2, 0.25) is 5.91 Å². The zero-order valence-corrected chi connectivity index (χ0v) is 12.5. The summed E-state index contributed by atoms with van der Waals surface area (Å²) in [4.78, 5) is 11.6. The Morgan fingerprint density at radius 3 is 2.95 bits per heavy atom. The molecular formula is C12H22N4O2S. The molecule has 6 nitrogen and oxygen atoms in total. The molecule has 1 rings (SSSR count). The number of hydrogen-bond donors (Lipinski definition) is 2. The van der Waals surface area contributed by atoms with E-state index in [-0.39, 0.29) is 18.1 Å². The van der Waals surface area contributed by atoms with Crippen molar-refractivity contribution < 1.29 is 9.90 Å². The van der Waals surface area contributed by atoms with E-state index in [4.69, 9.17) is 0 Å². The number of carbonyl (C=O) groups is 1. The summed E-state index contributed by atoms with van der Waals surface area (Å²) in [7, 11) is 0. The summed E-state index contributed by atoms with van der Waals surface area (Å²) in [6, 6.07) is 0.278. The fourth-order valence-corrected chi connectivity index (χ4v) is 2.33. The maximum atomic E-state index is 11.6. The molecule has 1 aromatic rings. The molecule has 0 saturated carbocycles. The van der Waals surface area contributed by atoms with Crippen LogP contribution in [0.2, 0.25) is 0 Å². The number of aromatic nitrogens is 3. The number of aliphatic hydroxyl groups excluding tert-OH is 1. The Hall–Kier alpha value is -1.08. The van der Waals surface area contributed by atoms with Gasteiger partial charge in [-0.15, -0.1) is 10.2 Å². The van der Waals surface area contributed by atoms with E-state index in [1.807, 2.05) is 25.3 Å². The zero-order chi connectivity index (χ0) is 14.3. The molecule has 1 aromatic heterocycles. The monoisotopic (exact) mass is 286 g/mol. The third-order valence-electron chi connectivity index (χ3n) is 2.70. The van der Waals surface area contributed by atoms with Crippen molar-refractivity contribution in [3.63, 3.8) is 0 Å². The van der Waals surface area contributed by atoms with Crippen LogP contribution in [0.5, 0.6) is 0 Å². The Morgan fingerprint density at radius 2 is 2.32 bits per heavy atom. The largest absolute Gasteiger partial charge is 0.393 e. The summed E-state index contributed by atoms with van der Waals surface area (Å²) < 4.78 is 1.93. The number of thioether (sulfide) groups is 1. The molecule has 0 radical (unpaired) electrons. The van der Waals surface area contributed by atoms with Crippen LogP contribution in [0.25, 0.3) is 0 Å². The maximum Gasteiger partial charge on any atom is 0.230 e. The number of amides is 1. The van der Waals surface area contributed by atoms with Crippen molar-refractivity contribution in [2.75, 3.05) is 12.3 Å². The molecule has 0 aliphatic carbocycles. The number of carbonyl (C=O) groups excluding carboxylic acids is 1. The van der Waals surface area contributed by atoms with Crippen molar-refractivity contribution >= 4 is 17.7 Å². The first kappa shape index (κ1) is 16.0. The van der Waals surface area contributed by atoms with Gasteiger partial charge in [-0.25, -0.2) is 0 Å². The lowest BCUT2D eigenvalue weighted by molar-refractivity contribution is -0.118. The number of rotatable bonds is 8. The van der Waals surface area contributed by atoms with Crippen LogP contribution in [-0.2, 0) is 4.79 Å². The van der Waals surface area contributed by atoms with Gasteiger partial charge in [-0.1, -0.05) is 18.7 Å². The highest BCUT2D eigenvalue weighted by atomic mass is 32.2. The second kappa shape index (κ2) is 8.16. The molecule has 0 aliphatic heterocycles. The minimum Gasteiger partial charge on any atom is -0.393 e. The fraction of sp³-hybridized carbons (Fsp3) is 0.750. The Kier molecular flexibility index (Phi) is 6.86. The topological polar surface area (TPSA) is 80.0 Å². The summed E-state index contributed by atoms with van der Waals surface area (Å²) in [5.41, 5.74) is 0. The molecule has 1 unspecified atom stereocenters. The molecule has 0 saturated heterocycles. The van der Waals surface area contributed by atoms with E-state index in [9.17, 15) is 9.90 Å². The van der Waals surface area contributed by atoms with E-state index >= 15 is 0 Å². The highest BCUT2D eigenvalue weighted by molar-refractivity contribution is 7.99. The smallest absolute Gasteiger partial charge is 0.230 e. The lowest BCUT2D eigenvalue weighted by Crippen LogP contribution is -2.28. The third kappa shape index (κ3) is 5.61. The molecule has 0 spiro atoms. The van der Waals surface area contributed by atoms with Gasteiger partial charge in [0.1, 0.15) is 6.33 Å². The summed E-state index contributed by atoms with van der Waals surface area (Å²) in [5, 5.41) is 20.7. The van der Waals surface area contributed by atoms with Gasteiger partial charge in [-0.05, 0) is 26.7 Å². The third-order valence-corrected chi connectivity index (χ3v) is 3.66. The minimum absolute atomic E-state index is 0.0494. The quantitative estimate of drug-likeness (QED) is 0.703. The van der Waals surface area contributed by atoms with Gasteiger partial charge in [0.15, 0.2) is 5.16 Å². The molecule has 1 heterocycles. The van der Waals surface area contributed by atoms with E-state index in [2.05, 4.69) is 15.5 Å². The maximum absolute atomic E-state index is 11.6. The van der Waals surface area contributed by atoms with Crippen LogP contribution >= 0.6 is 11.8 Å². The van der Waals surface area contributed by atoms with E-state index < -0.39 is 0 Å². The van der Waals surface area contributed by atoms with Crippen molar-refractivity contribution in [3.8, 4) is 0 Å². The molecule has 0 aliphatic rings. The molecule has 7 heteroatoms. The van der Waals surface area contributed by atoms with Gasteiger partial charge in [0.25, 0.3) is 0 Å². The lowest BCUT2D eigenvalue weighted by Gasteiger charge is -2.10. The van der Waals surface area contributed by atoms with Gasteiger partial charge in [0.05, 0.1) is 11.9 Å². The average Bonchev–Trinajstić information content (AvgIpc) is 2.84. The first-order valence-electron chi connectivity index (χ1n) is 6.51. The molecule has 2 N–H and O–H groups in total. The van der Waals surface area contributed by atoms with Crippen LogP contribution in [0.15, 0.2) is 11.5 Å². The Balaban J connectivity index is 2.28. The number of aliphatic hydroxyl groups is 1. The number of nitrogens with zero attached hydrogens (tertiary/aromatic N) is 3. The van der Waals surface area contributed by atoms with Crippen molar-refractivity contribution in [2.45, 2.75) is 50.9 Å². The van der Waals surface area contributed by atoms with Gasteiger partial charge in [-0.3, -0.25) is 4.79 Å². The van der Waals surface area contributed by atoms with E-state index in [1.54, 1.807) is 6.33 Å². The predicted molar refractivity (Wildman–Crippen MR) is 75.1 cm³/mol. The highest BCUT2D eigenvalue weighted by Gasteiger charge is 2.10. The Morgan fingerprint density at radius 1 is 1.58 bits per heavy atom. The van der Waals surface area contributed by atoms with Crippen molar-refractivity contribution in [2.24, 2.45) is 0 Å². The van der Waals surface area contributed by atoms with Crippen molar-refractivity contribution in [1.29, 1.82) is 0 Å². The fourth-order valence-electron chi connectivity index (χ4n) is 1.45. The normalized spacial score (nSPS) is 12.7. The molecule has 1 amide bonds. The number of nitrogens with one attached hydrogen (secondary N) is 1. The van der Waals surface area contributed by atoms with Gasteiger partial charge in [0, 0.05) is 12.6 Å². The summed E-state index contributed by atoms with van der Waals surface area (Å²) in [6.45, 7) is 6.51. The second-order valence-corrected chi connectivity index (χ2v) is 5.55. The molecule has 0 fully saturated rings. The summed E-state index contributed by atoms with van der Waals surface area (Å²) in [6.07, 6.45) is 2.64. The van der Waals surface area contributed by atoms with Crippen molar-refractivity contribution in [1.82, 2.24) is 20.1 Å². The second-order valence-electron chi connectivity index (χ2n) is 4.60. The average molecular weight is 286 g/mol. The molecule has 19 heavy (non-hydrogen) atoms. The minimum atomic E-state index is -0.336. The van der Waals surface area contributed by atoms with Gasteiger partial charge in [-0.2, -0.15) is 0 Å².